The Morgan fingerprint density at radius 3 is 2.84 bits per heavy atom. The van der Waals surface area contributed by atoms with Gasteiger partial charge in [-0.05, 0) is 30.5 Å². The zero-order chi connectivity index (χ0) is 13.2. The lowest BCUT2D eigenvalue weighted by Gasteiger charge is -2.19. The van der Waals surface area contributed by atoms with Crippen LogP contribution in [-0.2, 0) is 13.0 Å². The molecule has 2 heterocycles. The summed E-state index contributed by atoms with van der Waals surface area (Å²) in [6, 6.07) is 8.22. The average molecular weight is 257 g/mol. The summed E-state index contributed by atoms with van der Waals surface area (Å²) >= 11 is 0. The third-order valence-corrected chi connectivity index (χ3v) is 3.65. The van der Waals surface area contributed by atoms with Crippen molar-refractivity contribution in [1.82, 2.24) is 9.55 Å². The van der Waals surface area contributed by atoms with Crippen LogP contribution in [0.25, 0.3) is 0 Å². The predicted molar refractivity (Wildman–Crippen MR) is 74.2 cm³/mol. The molecule has 1 aromatic heterocycles. The largest absolute Gasteiger partial charge is 0.497 e. The predicted octanol–water partition coefficient (Wildman–Crippen LogP) is 2.28. The Hall–Kier alpha value is -1.81. The van der Waals surface area contributed by atoms with Gasteiger partial charge in [0.25, 0.3) is 0 Å². The zero-order valence-electron chi connectivity index (χ0n) is 11.2. The number of nitrogens with two attached hydrogens (primary N) is 1. The fraction of sp³-hybridized carbons (Fsp3) is 0.400. The minimum Gasteiger partial charge on any atom is -0.497 e. The topological polar surface area (TPSA) is 53.1 Å². The number of methoxy groups -OCH3 is 1. The molecule has 3 rings (SSSR count). The third kappa shape index (κ3) is 2.49. The Balaban J connectivity index is 1.79. The van der Waals surface area contributed by atoms with Gasteiger partial charge in [0.1, 0.15) is 11.6 Å². The fourth-order valence-corrected chi connectivity index (χ4v) is 2.61. The van der Waals surface area contributed by atoms with Gasteiger partial charge in [-0.3, -0.25) is 0 Å². The summed E-state index contributed by atoms with van der Waals surface area (Å²) < 4.78 is 7.36. The van der Waals surface area contributed by atoms with Gasteiger partial charge in [0.15, 0.2) is 0 Å². The quantitative estimate of drug-likeness (QED) is 0.917. The molecule has 0 fully saturated rings. The first kappa shape index (κ1) is 12.2. The molecular weight excluding hydrogens is 238 g/mol. The number of ether oxygens (including phenoxy) is 1. The van der Waals surface area contributed by atoms with Crippen LogP contribution >= 0.6 is 0 Å². The van der Waals surface area contributed by atoms with E-state index in [-0.39, 0.29) is 6.04 Å². The molecule has 0 aliphatic carbocycles. The number of fused-ring (bicyclic) bond motifs is 1. The van der Waals surface area contributed by atoms with Crippen molar-refractivity contribution in [3.8, 4) is 5.75 Å². The third-order valence-electron chi connectivity index (χ3n) is 3.65. The molecule has 1 aliphatic rings. The molecule has 1 aliphatic heterocycles. The minimum absolute atomic E-state index is 0.0957. The molecule has 2 aromatic rings. The van der Waals surface area contributed by atoms with Crippen molar-refractivity contribution in [1.29, 1.82) is 0 Å². The average Bonchev–Trinajstić information content (AvgIpc) is 2.84. The Bertz CT molecular complexity index is 559. The highest BCUT2D eigenvalue weighted by atomic mass is 16.5. The molecule has 0 radical (unpaired) electrons. The number of benzene rings is 1. The molecule has 19 heavy (non-hydrogen) atoms. The molecule has 0 amide bonds. The van der Waals surface area contributed by atoms with E-state index in [4.69, 9.17) is 10.5 Å². The van der Waals surface area contributed by atoms with Crippen LogP contribution in [0, 0.1) is 0 Å². The highest BCUT2D eigenvalue weighted by molar-refractivity contribution is 5.29. The first-order valence-electron chi connectivity index (χ1n) is 6.71. The van der Waals surface area contributed by atoms with E-state index in [2.05, 4.69) is 27.9 Å². The first-order valence-corrected chi connectivity index (χ1v) is 6.71. The van der Waals surface area contributed by atoms with Crippen LogP contribution in [0.1, 0.15) is 36.0 Å². The summed E-state index contributed by atoms with van der Waals surface area (Å²) in [4.78, 5) is 4.68. The highest BCUT2D eigenvalue weighted by Gasteiger charge is 2.19. The van der Waals surface area contributed by atoms with E-state index in [0.29, 0.717) is 0 Å². The summed E-state index contributed by atoms with van der Waals surface area (Å²) in [5.74, 6) is 1.92. The van der Waals surface area contributed by atoms with Gasteiger partial charge in [-0.2, -0.15) is 0 Å². The maximum atomic E-state index is 6.09. The number of hydrogen-bond acceptors (Lipinski definition) is 3. The maximum absolute atomic E-state index is 6.09. The monoisotopic (exact) mass is 257 g/mol. The molecule has 1 unspecified atom stereocenters. The SMILES string of the molecule is COc1ccc(Cc2cn3c(n2)C(N)CCC3)cc1. The van der Waals surface area contributed by atoms with Crippen LogP contribution < -0.4 is 10.5 Å². The van der Waals surface area contributed by atoms with Crippen molar-refractivity contribution >= 4 is 0 Å². The van der Waals surface area contributed by atoms with Crippen molar-refractivity contribution in [3.63, 3.8) is 0 Å². The summed E-state index contributed by atoms with van der Waals surface area (Å²) in [6.45, 7) is 1.04. The lowest BCUT2D eigenvalue weighted by Crippen LogP contribution is -2.21. The van der Waals surface area contributed by atoms with Crippen LogP contribution in [0.5, 0.6) is 5.75 Å². The van der Waals surface area contributed by atoms with Gasteiger partial charge in [0.05, 0.1) is 18.8 Å². The highest BCUT2D eigenvalue weighted by Crippen LogP contribution is 2.23. The van der Waals surface area contributed by atoms with Gasteiger partial charge in [-0.15, -0.1) is 0 Å². The number of aryl methyl sites for hydroxylation is 1. The normalized spacial score (nSPS) is 18.1. The maximum Gasteiger partial charge on any atom is 0.125 e. The van der Waals surface area contributed by atoms with Crippen LogP contribution in [-0.4, -0.2) is 16.7 Å². The molecule has 1 atom stereocenters. The second kappa shape index (κ2) is 5.05. The van der Waals surface area contributed by atoms with Crippen molar-refractivity contribution in [3.05, 3.63) is 47.5 Å². The van der Waals surface area contributed by atoms with E-state index >= 15 is 0 Å². The van der Waals surface area contributed by atoms with E-state index in [1.165, 1.54) is 5.56 Å². The van der Waals surface area contributed by atoms with Crippen LogP contribution in [0.3, 0.4) is 0 Å². The summed E-state index contributed by atoms with van der Waals surface area (Å²) in [7, 11) is 1.68. The molecule has 1 aromatic carbocycles. The van der Waals surface area contributed by atoms with Crippen LogP contribution in [0.2, 0.25) is 0 Å². The Labute approximate surface area is 113 Å². The van der Waals surface area contributed by atoms with E-state index in [1.807, 2.05) is 12.1 Å². The van der Waals surface area contributed by atoms with Gasteiger partial charge in [-0.1, -0.05) is 12.1 Å². The molecule has 100 valence electrons. The van der Waals surface area contributed by atoms with Gasteiger partial charge in [0.2, 0.25) is 0 Å². The molecule has 0 bridgehead atoms. The Morgan fingerprint density at radius 2 is 2.16 bits per heavy atom. The smallest absolute Gasteiger partial charge is 0.125 e. The van der Waals surface area contributed by atoms with Crippen LogP contribution in [0.15, 0.2) is 30.5 Å². The summed E-state index contributed by atoms with van der Waals surface area (Å²) in [5.41, 5.74) is 8.43. The van der Waals surface area contributed by atoms with E-state index in [9.17, 15) is 0 Å². The molecule has 0 spiro atoms. The van der Waals surface area contributed by atoms with Crippen molar-refractivity contribution in [2.75, 3.05) is 7.11 Å². The van der Waals surface area contributed by atoms with Crippen molar-refractivity contribution < 1.29 is 4.74 Å². The fourth-order valence-electron chi connectivity index (χ4n) is 2.61. The first-order chi connectivity index (χ1) is 9.26. The molecule has 4 nitrogen and oxygen atoms in total. The second-order valence-electron chi connectivity index (χ2n) is 5.06. The summed E-state index contributed by atoms with van der Waals surface area (Å²) in [5, 5.41) is 0. The number of hydrogen-bond donors (Lipinski definition) is 1. The summed E-state index contributed by atoms with van der Waals surface area (Å²) in [6.07, 6.45) is 5.17. The zero-order valence-corrected chi connectivity index (χ0v) is 11.2. The van der Waals surface area contributed by atoms with E-state index < -0.39 is 0 Å². The number of rotatable bonds is 3. The Kier molecular flexibility index (Phi) is 3.25. The number of nitrogens with zero attached hydrogens (tertiary/aromatic N) is 2. The molecule has 0 saturated heterocycles. The van der Waals surface area contributed by atoms with Gasteiger partial charge >= 0.3 is 0 Å². The van der Waals surface area contributed by atoms with Crippen molar-refractivity contribution in [2.24, 2.45) is 5.73 Å². The number of aromatic nitrogens is 2. The second-order valence-corrected chi connectivity index (χ2v) is 5.06. The molecular formula is C15H19N3O. The lowest BCUT2D eigenvalue weighted by atomic mass is 10.1. The van der Waals surface area contributed by atoms with Crippen molar-refractivity contribution in [2.45, 2.75) is 31.8 Å². The molecule has 2 N–H and O–H groups in total. The van der Waals surface area contributed by atoms with E-state index in [1.54, 1.807) is 7.11 Å². The van der Waals surface area contributed by atoms with E-state index in [0.717, 1.165) is 43.1 Å². The van der Waals surface area contributed by atoms with Gasteiger partial charge in [0, 0.05) is 19.2 Å². The molecule has 0 saturated carbocycles. The lowest BCUT2D eigenvalue weighted by molar-refractivity contribution is 0.414. The molecule has 4 heteroatoms. The van der Waals surface area contributed by atoms with Gasteiger partial charge in [-0.25, -0.2) is 4.98 Å². The number of imidazole rings is 1. The van der Waals surface area contributed by atoms with Gasteiger partial charge < -0.3 is 15.0 Å². The van der Waals surface area contributed by atoms with Crippen LogP contribution in [0.4, 0.5) is 0 Å². The minimum atomic E-state index is 0.0957. The standard InChI is InChI=1S/C15H19N3O/c1-19-13-6-4-11(5-7-13)9-12-10-18-8-2-3-14(16)15(18)17-12/h4-7,10,14H,2-3,8-9,16H2,1H3. The Morgan fingerprint density at radius 1 is 1.37 bits per heavy atom.